The largest absolute Gasteiger partial charge is 0.504 e. The second kappa shape index (κ2) is 7.08. The quantitative estimate of drug-likeness (QED) is 0.709. The maximum atomic E-state index is 11.0. The smallest absolute Gasteiger partial charge is 0.165 e. The van der Waals surface area contributed by atoms with Gasteiger partial charge in [-0.2, -0.15) is 0 Å². The molecule has 2 bridgehead atoms. The molecule has 1 spiro atoms. The minimum absolute atomic E-state index is 0.151. The summed E-state index contributed by atoms with van der Waals surface area (Å²) in [6.45, 7) is 3.76. The Morgan fingerprint density at radius 1 is 1.22 bits per heavy atom. The van der Waals surface area contributed by atoms with Crippen molar-refractivity contribution < 1.29 is 19.7 Å². The zero-order valence-corrected chi connectivity index (χ0v) is 18.7. The molecule has 2 aliphatic carbocycles. The maximum Gasteiger partial charge on any atom is 0.165 e. The number of rotatable bonds is 5. The summed E-state index contributed by atoms with van der Waals surface area (Å²) in [5, 5.41) is 21.6. The van der Waals surface area contributed by atoms with Crippen LogP contribution in [-0.4, -0.2) is 59.2 Å². The van der Waals surface area contributed by atoms with Crippen molar-refractivity contribution in [2.24, 2.45) is 5.92 Å². The van der Waals surface area contributed by atoms with Gasteiger partial charge in [0.15, 0.2) is 11.5 Å². The van der Waals surface area contributed by atoms with Gasteiger partial charge in [0, 0.05) is 11.6 Å². The summed E-state index contributed by atoms with van der Waals surface area (Å²) in [4.78, 5) is 2.40. The van der Waals surface area contributed by atoms with Crippen LogP contribution in [0, 0.1) is 5.92 Å². The van der Waals surface area contributed by atoms with Crippen molar-refractivity contribution in [2.75, 3.05) is 20.2 Å². The van der Waals surface area contributed by atoms with E-state index >= 15 is 0 Å². The Balaban J connectivity index is 1.42. The fourth-order valence-electron chi connectivity index (χ4n) is 6.88. The first-order chi connectivity index (χ1) is 15.5. The summed E-state index contributed by atoms with van der Waals surface area (Å²) in [6, 6.07) is 14.4. The first kappa shape index (κ1) is 20.3. The van der Waals surface area contributed by atoms with E-state index in [0.29, 0.717) is 18.3 Å². The van der Waals surface area contributed by atoms with Crippen molar-refractivity contribution in [3.8, 4) is 11.5 Å². The summed E-state index contributed by atoms with van der Waals surface area (Å²) in [6.07, 6.45) is 5.41. The van der Waals surface area contributed by atoms with Gasteiger partial charge >= 0.3 is 0 Å². The van der Waals surface area contributed by atoms with Crippen molar-refractivity contribution in [3.05, 3.63) is 71.3 Å². The van der Waals surface area contributed by atoms with Crippen LogP contribution in [0.1, 0.15) is 30.0 Å². The average Bonchev–Trinajstić information content (AvgIpc) is 3.15. The Kier molecular flexibility index (Phi) is 4.49. The van der Waals surface area contributed by atoms with Gasteiger partial charge in [-0.1, -0.05) is 55.5 Å². The summed E-state index contributed by atoms with van der Waals surface area (Å²) in [5.41, 5.74) is 2.49. The number of hydrogen-bond acceptors (Lipinski definition) is 5. The molecule has 1 unspecified atom stereocenters. The van der Waals surface area contributed by atoms with Crippen molar-refractivity contribution in [2.45, 2.75) is 55.5 Å². The predicted octanol–water partition coefficient (Wildman–Crippen LogP) is 3.22. The maximum absolute atomic E-state index is 11.0. The number of phenolic OH excluding ortho intramolecular Hbond substituents is 1. The number of aliphatic hydroxyl groups excluding tert-OH is 1. The van der Waals surface area contributed by atoms with E-state index in [0.717, 1.165) is 31.4 Å². The molecule has 2 heterocycles. The third-order valence-electron chi connectivity index (χ3n) is 8.28. The molecule has 2 N–H and O–H groups in total. The van der Waals surface area contributed by atoms with Gasteiger partial charge in [0.05, 0.1) is 12.0 Å². The number of likely N-dealkylation sites (tertiary alicyclic amines) is 1. The SMILES string of the molecule is CC(CO[C@@]12C=C[C@H](O)[C@@H]3Oc4c(O)ccc5c4[C@@]31CCN(C)[C@@H]2C5)Cc1ccccc1. The van der Waals surface area contributed by atoms with Crippen LogP contribution in [0.25, 0.3) is 0 Å². The Morgan fingerprint density at radius 3 is 2.84 bits per heavy atom. The number of piperidine rings is 1. The topological polar surface area (TPSA) is 62.2 Å². The fraction of sp³-hybridized carbons (Fsp3) is 0.481. The highest BCUT2D eigenvalue weighted by atomic mass is 16.5. The molecule has 0 amide bonds. The molecular formula is C27H31NO4. The lowest BCUT2D eigenvalue weighted by Crippen LogP contribution is -2.76. The predicted molar refractivity (Wildman–Crippen MR) is 122 cm³/mol. The monoisotopic (exact) mass is 433 g/mol. The molecule has 2 aromatic rings. The second-order valence-electron chi connectivity index (χ2n) is 10.2. The molecule has 5 heteroatoms. The van der Waals surface area contributed by atoms with Gasteiger partial charge in [0.25, 0.3) is 0 Å². The zero-order chi connectivity index (χ0) is 22.1. The Hall–Kier alpha value is -2.34. The number of aromatic hydroxyl groups is 1. The van der Waals surface area contributed by atoms with E-state index in [1.54, 1.807) is 6.07 Å². The Labute approximate surface area is 189 Å². The first-order valence-electron chi connectivity index (χ1n) is 11.7. The van der Waals surface area contributed by atoms with E-state index < -0.39 is 23.2 Å². The molecule has 0 radical (unpaired) electrons. The summed E-state index contributed by atoms with van der Waals surface area (Å²) in [5.74, 6) is 1.05. The van der Waals surface area contributed by atoms with Gasteiger partial charge in [-0.15, -0.1) is 0 Å². The van der Waals surface area contributed by atoms with Crippen LogP contribution >= 0.6 is 0 Å². The molecular weight excluding hydrogens is 402 g/mol. The van der Waals surface area contributed by atoms with Crippen LogP contribution in [-0.2, 0) is 23.0 Å². The molecule has 4 aliphatic rings. The molecule has 6 rings (SSSR count). The molecule has 32 heavy (non-hydrogen) atoms. The van der Waals surface area contributed by atoms with Crippen LogP contribution in [0.4, 0.5) is 0 Å². The molecule has 0 saturated carbocycles. The summed E-state index contributed by atoms with van der Waals surface area (Å²) < 4.78 is 13.3. The summed E-state index contributed by atoms with van der Waals surface area (Å²) in [7, 11) is 2.17. The Bertz CT molecular complexity index is 1070. The van der Waals surface area contributed by atoms with Crippen LogP contribution in [0.5, 0.6) is 11.5 Å². The third kappa shape index (κ3) is 2.56. The van der Waals surface area contributed by atoms with Gasteiger partial charge < -0.3 is 19.7 Å². The fourth-order valence-corrected chi connectivity index (χ4v) is 6.88. The average molecular weight is 434 g/mol. The van der Waals surface area contributed by atoms with Gasteiger partial charge in [0.1, 0.15) is 17.8 Å². The third-order valence-corrected chi connectivity index (χ3v) is 8.28. The standard InChI is InChI=1S/C27H31NO4/c1-17(14-18-6-4-3-5-7-18)16-31-27-11-10-21(30)25-26(27)12-13-28(2)22(27)15-19-8-9-20(29)24(32-25)23(19)26/h3-11,17,21-22,25,29-30H,12-16H2,1-2H3/t17?,21-,22+,25-,26-,27+/m0/s1. The lowest BCUT2D eigenvalue weighted by molar-refractivity contribution is -0.186. The van der Waals surface area contributed by atoms with E-state index in [1.807, 2.05) is 18.2 Å². The lowest BCUT2D eigenvalue weighted by Gasteiger charge is -2.63. The summed E-state index contributed by atoms with van der Waals surface area (Å²) >= 11 is 0. The van der Waals surface area contributed by atoms with E-state index in [1.165, 1.54) is 11.1 Å². The number of benzene rings is 2. The lowest BCUT2D eigenvalue weighted by atomic mass is 9.50. The van der Waals surface area contributed by atoms with Crippen molar-refractivity contribution in [1.29, 1.82) is 0 Å². The molecule has 168 valence electrons. The van der Waals surface area contributed by atoms with Crippen LogP contribution in [0.2, 0.25) is 0 Å². The molecule has 1 fully saturated rings. The van der Waals surface area contributed by atoms with Crippen LogP contribution in [0.3, 0.4) is 0 Å². The number of nitrogens with zero attached hydrogens (tertiary/aromatic N) is 1. The first-order valence-corrected chi connectivity index (χ1v) is 11.7. The minimum atomic E-state index is -0.727. The molecule has 0 aromatic heterocycles. The number of aliphatic hydroxyl groups is 1. The van der Waals surface area contributed by atoms with Crippen LogP contribution in [0.15, 0.2) is 54.6 Å². The minimum Gasteiger partial charge on any atom is -0.504 e. The van der Waals surface area contributed by atoms with Gasteiger partial charge in [-0.05, 0) is 56.0 Å². The number of phenols is 1. The highest BCUT2D eigenvalue weighted by molar-refractivity contribution is 5.64. The zero-order valence-electron chi connectivity index (χ0n) is 18.7. The normalized spacial score (nSPS) is 35.3. The Morgan fingerprint density at radius 2 is 2.03 bits per heavy atom. The van der Waals surface area contributed by atoms with E-state index in [9.17, 15) is 10.2 Å². The number of ether oxygens (including phenoxy) is 2. The molecule has 2 aliphatic heterocycles. The molecule has 1 saturated heterocycles. The molecule has 6 atom stereocenters. The van der Waals surface area contributed by atoms with Gasteiger partial charge in [0.2, 0.25) is 0 Å². The second-order valence-corrected chi connectivity index (χ2v) is 10.2. The highest BCUT2D eigenvalue weighted by Gasteiger charge is 2.72. The molecule has 5 nitrogen and oxygen atoms in total. The van der Waals surface area contributed by atoms with Gasteiger partial charge in [-0.3, -0.25) is 4.90 Å². The number of likely N-dealkylation sites (N-methyl/N-ethyl adjacent to an activating group) is 1. The van der Waals surface area contributed by atoms with Crippen molar-refractivity contribution in [3.63, 3.8) is 0 Å². The van der Waals surface area contributed by atoms with E-state index in [-0.39, 0.29) is 11.8 Å². The molecule has 2 aromatic carbocycles. The van der Waals surface area contributed by atoms with E-state index in [2.05, 4.69) is 49.2 Å². The number of hydrogen-bond donors (Lipinski definition) is 2. The van der Waals surface area contributed by atoms with Gasteiger partial charge in [-0.25, -0.2) is 0 Å². The van der Waals surface area contributed by atoms with E-state index in [4.69, 9.17) is 9.47 Å². The van der Waals surface area contributed by atoms with Crippen molar-refractivity contribution >= 4 is 0 Å². The highest BCUT2D eigenvalue weighted by Crippen LogP contribution is 2.65. The van der Waals surface area contributed by atoms with Crippen molar-refractivity contribution in [1.82, 2.24) is 4.90 Å². The van der Waals surface area contributed by atoms with Crippen LogP contribution < -0.4 is 4.74 Å².